The van der Waals surface area contributed by atoms with Gasteiger partial charge in [0.1, 0.15) is 11.4 Å². The maximum absolute atomic E-state index is 13.7. The van der Waals surface area contributed by atoms with Gasteiger partial charge in [-0.1, -0.05) is 18.2 Å². The number of amides is 1. The highest BCUT2D eigenvalue weighted by Crippen LogP contribution is 2.53. The molecule has 2 aromatic rings. The van der Waals surface area contributed by atoms with Gasteiger partial charge in [-0.3, -0.25) is 4.79 Å². The Morgan fingerprint density at radius 2 is 1.55 bits per heavy atom. The zero-order chi connectivity index (χ0) is 21.1. The first-order chi connectivity index (χ1) is 15.1. The quantitative estimate of drug-likeness (QED) is 0.776. The SMILES string of the molecule is CC1CCC(C)N1c1c(C(=O)NC2C3CC4CC(C3)CC2C4)cnn1-c1ccccc1. The average molecular weight is 419 g/mol. The minimum Gasteiger partial charge on any atom is -0.350 e. The van der Waals surface area contributed by atoms with Gasteiger partial charge in [-0.05, 0) is 94.6 Å². The summed E-state index contributed by atoms with van der Waals surface area (Å²) < 4.78 is 1.98. The van der Waals surface area contributed by atoms with E-state index < -0.39 is 0 Å². The van der Waals surface area contributed by atoms with Crippen LogP contribution in [0.2, 0.25) is 0 Å². The predicted molar refractivity (Wildman–Crippen MR) is 123 cm³/mol. The molecule has 1 aliphatic heterocycles. The third kappa shape index (κ3) is 3.19. The third-order valence-electron chi connectivity index (χ3n) is 8.71. The summed E-state index contributed by atoms with van der Waals surface area (Å²) in [5.41, 5.74) is 1.75. The molecule has 1 amide bonds. The number of para-hydroxylation sites is 1. The van der Waals surface area contributed by atoms with Crippen molar-refractivity contribution in [1.82, 2.24) is 15.1 Å². The van der Waals surface area contributed by atoms with Crippen molar-refractivity contribution in [3.8, 4) is 5.69 Å². The lowest BCUT2D eigenvalue weighted by atomic mass is 9.54. The highest BCUT2D eigenvalue weighted by atomic mass is 16.1. The number of rotatable bonds is 4. The van der Waals surface area contributed by atoms with E-state index in [0.717, 1.165) is 41.7 Å². The zero-order valence-corrected chi connectivity index (χ0v) is 18.7. The van der Waals surface area contributed by atoms with Crippen molar-refractivity contribution < 1.29 is 4.79 Å². The molecule has 31 heavy (non-hydrogen) atoms. The Morgan fingerprint density at radius 3 is 2.16 bits per heavy atom. The highest BCUT2D eigenvalue weighted by molar-refractivity contribution is 5.99. The summed E-state index contributed by atoms with van der Waals surface area (Å²) in [6.45, 7) is 4.54. The van der Waals surface area contributed by atoms with Crippen molar-refractivity contribution in [3.63, 3.8) is 0 Å². The van der Waals surface area contributed by atoms with Crippen LogP contribution >= 0.6 is 0 Å². The largest absolute Gasteiger partial charge is 0.350 e. The molecule has 2 unspecified atom stereocenters. The first-order valence-corrected chi connectivity index (χ1v) is 12.3. The number of benzene rings is 1. The van der Waals surface area contributed by atoms with Gasteiger partial charge in [0, 0.05) is 18.1 Å². The molecule has 164 valence electrons. The molecule has 0 spiro atoms. The maximum Gasteiger partial charge on any atom is 0.256 e. The topological polar surface area (TPSA) is 50.2 Å². The molecular formula is C26H34N4O. The number of hydrogen-bond acceptors (Lipinski definition) is 3. The van der Waals surface area contributed by atoms with Crippen LogP contribution in [-0.2, 0) is 0 Å². The molecule has 1 saturated heterocycles. The fraction of sp³-hybridized carbons (Fsp3) is 0.615. The maximum atomic E-state index is 13.7. The standard InChI is InChI=1S/C26H34N4O/c1-16-8-9-17(2)29(16)26-23(15-27-30(26)22-6-4-3-5-7-22)25(31)28-24-20-11-18-10-19(13-20)14-21(24)12-18/h3-7,15-21,24H,8-14H2,1-2H3,(H,28,31). The second kappa shape index (κ2) is 7.39. The summed E-state index contributed by atoms with van der Waals surface area (Å²) in [6.07, 6.45) is 10.8. The summed E-state index contributed by atoms with van der Waals surface area (Å²) in [5.74, 6) is 4.22. The van der Waals surface area contributed by atoms with Gasteiger partial charge in [0.05, 0.1) is 11.9 Å². The predicted octanol–water partition coefficient (Wildman–Crippen LogP) is 4.80. The van der Waals surface area contributed by atoms with Crippen LogP contribution in [0.3, 0.4) is 0 Å². The summed E-state index contributed by atoms with van der Waals surface area (Å²) in [7, 11) is 0. The highest BCUT2D eigenvalue weighted by Gasteiger charge is 2.49. The van der Waals surface area contributed by atoms with Gasteiger partial charge in [-0.25, -0.2) is 4.68 Å². The molecule has 4 bridgehead atoms. The van der Waals surface area contributed by atoms with E-state index in [4.69, 9.17) is 5.10 Å². The monoisotopic (exact) mass is 418 g/mol. The summed E-state index contributed by atoms with van der Waals surface area (Å²) in [5, 5.41) is 8.24. The lowest BCUT2D eigenvalue weighted by Gasteiger charge is -2.54. The van der Waals surface area contributed by atoms with Crippen LogP contribution in [0.25, 0.3) is 5.69 Å². The fourth-order valence-electron chi connectivity index (χ4n) is 7.51. The molecule has 5 aliphatic rings. The Labute approximate surface area is 185 Å². The van der Waals surface area contributed by atoms with Crippen LogP contribution in [0, 0.1) is 23.7 Å². The molecule has 1 aromatic carbocycles. The minimum atomic E-state index is 0.0703. The Kier molecular flexibility index (Phi) is 4.62. The molecule has 5 nitrogen and oxygen atoms in total. The van der Waals surface area contributed by atoms with Gasteiger partial charge in [-0.2, -0.15) is 5.10 Å². The number of nitrogens with zero attached hydrogens (tertiary/aromatic N) is 3. The van der Waals surface area contributed by atoms with E-state index in [1.54, 1.807) is 6.20 Å². The van der Waals surface area contributed by atoms with Crippen molar-refractivity contribution in [3.05, 3.63) is 42.1 Å². The summed E-state index contributed by atoms with van der Waals surface area (Å²) >= 11 is 0. The van der Waals surface area contributed by atoms with E-state index in [9.17, 15) is 4.79 Å². The van der Waals surface area contributed by atoms with Gasteiger partial charge < -0.3 is 10.2 Å². The van der Waals surface area contributed by atoms with Gasteiger partial charge in [-0.15, -0.1) is 0 Å². The van der Waals surface area contributed by atoms with E-state index in [0.29, 0.717) is 30.0 Å². The average Bonchev–Trinajstić information content (AvgIpc) is 3.33. The van der Waals surface area contributed by atoms with E-state index >= 15 is 0 Å². The molecule has 4 saturated carbocycles. The number of hydrogen-bond donors (Lipinski definition) is 1. The lowest BCUT2D eigenvalue weighted by molar-refractivity contribution is -0.0119. The van der Waals surface area contributed by atoms with Crippen molar-refractivity contribution in [2.45, 2.75) is 76.9 Å². The molecule has 5 fully saturated rings. The molecule has 4 aliphatic carbocycles. The second-order valence-electron chi connectivity index (χ2n) is 10.7. The molecule has 5 heteroatoms. The van der Waals surface area contributed by atoms with E-state index in [-0.39, 0.29) is 5.91 Å². The molecule has 2 heterocycles. The Bertz CT molecular complexity index is 929. The van der Waals surface area contributed by atoms with Gasteiger partial charge in [0.15, 0.2) is 0 Å². The van der Waals surface area contributed by atoms with Crippen LogP contribution in [0.15, 0.2) is 36.5 Å². The Hall–Kier alpha value is -2.30. The molecule has 1 aromatic heterocycles. The summed E-state index contributed by atoms with van der Waals surface area (Å²) in [4.78, 5) is 16.1. The second-order valence-corrected chi connectivity index (χ2v) is 10.7. The van der Waals surface area contributed by atoms with E-state index in [1.807, 2.05) is 22.9 Å². The molecular weight excluding hydrogens is 384 g/mol. The minimum absolute atomic E-state index is 0.0703. The zero-order valence-electron chi connectivity index (χ0n) is 18.7. The fourth-order valence-corrected chi connectivity index (χ4v) is 7.51. The van der Waals surface area contributed by atoms with Crippen LogP contribution in [0.5, 0.6) is 0 Å². The number of nitrogens with one attached hydrogen (secondary N) is 1. The van der Waals surface area contributed by atoms with Crippen molar-refractivity contribution in [2.75, 3.05) is 4.90 Å². The van der Waals surface area contributed by atoms with Crippen LogP contribution in [0.4, 0.5) is 5.82 Å². The number of aromatic nitrogens is 2. The molecule has 0 radical (unpaired) electrons. The smallest absolute Gasteiger partial charge is 0.256 e. The van der Waals surface area contributed by atoms with Gasteiger partial charge >= 0.3 is 0 Å². The van der Waals surface area contributed by atoms with Crippen molar-refractivity contribution >= 4 is 11.7 Å². The van der Waals surface area contributed by atoms with Crippen LogP contribution in [0.1, 0.15) is 69.2 Å². The summed E-state index contributed by atoms with van der Waals surface area (Å²) in [6, 6.07) is 11.4. The lowest BCUT2D eigenvalue weighted by Crippen LogP contribution is -2.55. The number of carbonyl (C=O) groups is 1. The van der Waals surface area contributed by atoms with Crippen LogP contribution < -0.4 is 10.2 Å². The van der Waals surface area contributed by atoms with E-state index in [1.165, 1.54) is 32.1 Å². The Balaban J connectivity index is 1.34. The number of carbonyl (C=O) groups excluding carboxylic acids is 1. The van der Waals surface area contributed by atoms with Crippen molar-refractivity contribution in [1.29, 1.82) is 0 Å². The Morgan fingerprint density at radius 1 is 0.935 bits per heavy atom. The first kappa shape index (κ1) is 19.4. The van der Waals surface area contributed by atoms with Gasteiger partial charge in [0.2, 0.25) is 0 Å². The molecule has 7 rings (SSSR count). The van der Waals surface area contributed by atoms with Crippen LogP contribution in [-0.4, -0.2) is 33.8 Å². The van der Waals surface area contributed by atoms with Crippen molar-refractivity contribution in [2.24, 2.45) is 23.7 Å². The normalized spacial score (nSPS) is 36.2. The molecule has 1 N–H and O–H groups in total. The first-order valence-electron chi connectivity index (χ1n) is 12.3. The van der Waals surface area contributed by atoms with Gasteiger partial charge in [0.25, 0.3) is 5.91 Å². The number of anilines is 1. The third-order valence-corrected chi connectivity index (χ3v) is 8.71. The molecule has 2 atom stereocenters. The van der Waals surface area contributed by atoms with E-state index in [2.05, 4.69) is 36.2 Å².